The maximum absolute atomic E-state index is 4.35. The Balaban J connectivity index is 1.80. The largest absolute Gasteiger partial charge is 0.310 e. The Morgan fingerprint density at radius 3 is 2.76 bits per heavy atom. The van der Waals surface area contributed by atoms with E-state index in [2.05, 4.69) is 30.2 Å². The van der Waals surface area contributed by atoms with Crippen LogP contribution in [0.25, 0.3) is 0 Å². The van der Waals surface area contributed by atoms with Gasteiger partial charge in [0, 0.05) is 18.4 Å². The molecule has 0 radical (unpaired) electrons. The molecule has 0 bridgehead atoms. The lowest BCUT2D eigenvalue weighted by atomic mass is 9.97. The summed E-state index contributed by atoms with van der Waals surface area (Å²) >= 11 is 0. The topological polar surface area (TPSA) is 24.9 Å². The number of fused-ring (bicyclic) bond motifs is 1. The van der Waals surface area contributed by atoms with Crippen molar-refractivity contribution in [3.05, 3.63) is 29.6 Å². The van der Waals surface area contributed by atoms with E-state index in [4.69, 9.17) is 0 Å². The van der Waals surface area contributed by atoms with Crippen LogP contribution < -0.4 is 5.32 Å². The van der Waals surface area contributed by atoms with Crippen LogP contribution in [0.15, 0.2) is 18.5 Å². The summed E-state index contributed by atoms with van der Waals surface area (Å²) in [7, 11) is 0. The minimum Gasteiger partial charge on any atom is -0.310 e. The van der Waals surface area contributed by atoms with Gasteiger partial charge in [-0.15, -0.1) is 0 Å². The van der Waals surface area contributed by atoms with Gasteiger partial charge in [-0.05, 0) is 55.2 Å². The zero-order valence-electron chi connectivity index (χ0n) is 10.8. The van der Waals surface area contributed by atoms with Gasteiger partial charge in [0.15, 0.2) is 0 Å². The minimum absolute atomic E-state index is 0.544. The summed E-state index contributed by atoms with van der Waals surface area (Å²) < 4.78 is 0. The lowest BCUT2D eigenvalue weighted by Crippen LogP contribution is -2.24. The summed E-state index contributed by atoms with van der Waals surface area (Å²) in [6.45, 7) is 5.39. The van der Waals surface area contributed by atoms with E-state index in [1.165, 1.54) is 30.4 Å². The number of nitrogens with one attached hydrogen (secondary N) is 1. The molecule has 1 aromatic rings. The van der Waals surface area contributed by atoms with Crippen molar-refractivity contribution < 1.29 is 0 Å². The van der Waals surface area contributed by atoms with Gasteiger partial charge in [0.05, 0.1) is 0 Å². The Morgan fingerprint density at radius 2 is 2.12 bits per heavy atom. The molecular weight excluding hydrogens is 208 g/mol. The standard InChI is InChI=1S/C15H22N2/c1-3-17-15(11-7-10(2)8-16-9-11)14-12-5-4-6-13(12)14/h7-9,12-15,17H,3-6H2,1-2H3. The number of aryl methyl sites for hydroxylation is 1. The van der Waals surface area contributed by atoms with Crippen LogP contribution in [0.4, 0.5) is 0 Å². The van der Waals surface area contributed by atoms with E-state index in [0.717, 1.165) is 24.3 Å². The first kappa shape index (κ1) is 11.2. The predicted octanol–water partition coefficient (Wildman–Crippen LogP) is 3.09. The Bertz CT molecular complexity index is 392. The predicted molar refractivity (Wildman–Crippen MR) is 69.7 cm³/mol. The molecule has 92 valence electrons. The molecule has 0 aliphatic heterocycles. The first-order valence-electron chi connectivity index (χ1n) is 6.96. The van der Waals surface area contributed by atoms with Gasteiger partial charge < -0.3 is 5.32 Å². The second kappa shape index (κ2) is 4.41. The molecule has 2 nitrogen and oxygen atoms in total. The van der Waals surface area contributed by atoms with E-state index in [9.17, 15) is 0 Å². The number of pyridine rings is 1. The minimum atomic E-state index is 0.544. The molecule has 2 saturated carbocycles. The van der Waals surface area contributed by atoms with Crippen molar-refractivity contribution in [2.45, 2.75) is 39.2 Å². The van der Waals surface area contributed by atoms with Gasteiger partial charge in [-0.1, -0.05) is 19.4 Å². The highest BCUT2D eigenvalue weighted by Gasteiger charge is 2.55. The molecule has 0 aromatic carbocycles. The first-order chi connectivity index (χ1) is 8.31. The summed E-state index contributed by atoms with van der Waals surface area (Å²) in [6, 6.07) is 2.84. The fraction of sp³-hybridized carbons (Fsp3) is 0.667. The summed E-state index contributed by atoms with van der Waals surface area (Å²) in [5, 5.41) is 3.68. The summed E-state index contributed by atoms with van der Waals surface area (Å²) in [4.78, 5) is 4.35. The molecular formula is C15H22N2. The highest BCUT2D eigenvalue weighted by molar-refractivity contribution is 5.24. The number of rotatable bonds is 4. The molecule has 0 amide bonds. The summed E-state index contributed by atoms with van der Waals surface area (Å²) in [5.41, 5.74) is 2.67. The third-order valence-electron chi connectivity index (χ3n) is 4.54. The SMILES string of the molecule is CCNC(c1cncc(C)c1)C1C2CCCC21. The molecule has 2 aliphatic rings. The van der Waals surface area contributed by atoms with Gasteiger partial charge in [-0.25, -0.2) is 0 Å². The number of hydrogen-bond donors (Lipinski definition) is 1. The molecule has 2 heteroatoms. The maximum Gasteiger partial charge on any atom is 0.0369 e. The smallest absolute Gasteiger partial charge is 0.0369 e. The molecule has 3 rings (SSSR count). The van der Waals surface area contributed by atoms with Gasteiger partial charge in [0.25, 0.3) is 0 Å². The van der Waals surface area contributed by atoms with Crippen LogP contribution in [0.2, 0.25) is 0 Å². The molecule has 17 heavy (non-hydrogen) atoms. The Kier molecular flexibility index (Phi) is 2.91. The molecule has 1 aromatic heterocycles. The van der Waals surface area contributed by atoms with Gasteiger partial charge in [-0.3, -0.25) is 4.98 Å². The van der Waals surface area contributed by atoms with Crippen LogP contribution in [0.1, 0.15) is 43.4 Å². The van der Waals surface area contributed by atoms with Crippen molar-refractivity contribution in [3.8, 4) is 0 Å². The van der Waals surface area contributed by atoms with E-state index in [1.807, 2.05) is 12.4 Å². The second-order valence-electron chi connectivity index (χ2n) is 5.67. The van der Waals surface area contributed by atoms with E-state index in [1.54, 1.807) is 0 Å². The molecule has 0 spiro atoms. The lowest BCUT2D eigenvalue weighted by molar-refractivity contribution is 0.425. The fourth-order valence-corrected chi connectivity index (χ4v) is 3.82. The summed E-state index contributed by atoms with van der Waals surface area (Å²) in [6.07, 6.45) is 8.36. The molecule has 2 fully saturated rings. The Morgan fingerprint density at radius 1 is 1.35 bits per heavy atom. The quantitative estimate of drug-likeness (QED) is 0.859. The third-order valence-corrected chi connectivity index (χ3v) is 4.54. The highest BCUT2D eigenvalue weighted by Crippen LogP contribution is 2.62. The molecule has 3 atom stereocenters. The molecule has 2 aliphatic carbocycles. The zero-order valence-corrected chi connectivity index (χ0v) is 10.8. The highest BCUT2D eigenvalue weighted by atomic mass is 14.9. The monoisotopic (exact) mass is 230 g/mol. The van der Waals surface area contributed by atoms with Crippen LogP contribution in [-0.4, -0.2) is 11.5 Å². The van der Waals surface area contributed by atoms with Gasteiger partial charge in [0.1, 0.15) is 0 Å². The molecule has 0 saturated heterocycles. The third kappa shape index (κ3) is 1.99. The first-order valence-corrected chi connectivity index (χ1v) is 6.96. The van der Waals surface area contributed by atoms with Crippen molar-refractivity contribution >= 4 is 0 Å². The normalized spacial score (nSPS) is 32.2. The maximum atomic E-state index is 4.35. The van der Waals surface area contributed by atoms with Crippen LogP contribution in [-0.2, 0) is 0 Å². The van der Waals surface area contributed by atoms with Crippen LogP contribution >= 0.6 is 0 Å². The molecule has 1 N–H and O–H groups in total. The Labute approximate surface area is 104 Å². The lowest BCUT2D eigenvalue weighted by Gasteiger charge is -2.20. The average Bonchev–Trinajstić information content (AvgIpc) is 2.79. The van der Waals surface area contributed by atoms with E-state index in [-0.39, 0.29) is 0 Å². The Hall–Kier alpha value is -0.890. The van der Waals surface area contributed by atoms with E-state index in [0.29, 0.717) is 6.04 Å². The fourth-order valence-electron chi connectivity index (χ4n) is 3.82. The van der Waals surface area contributed by atoms with Crippen molar-refractivity contribution in [1.82, 2.24) is 10.3 Å². The zero-order chi connectivity index (χ0) is 11.8. The van der Waals surface area contributed by atoms with E-state index >= 15 is 0 Å². The van der Waals surface area contributed by atoms with E-state index < -0.39 is 0 Å². The van der Waals surface area contributed by atoms with Crippen LogP contribution in [0.3, 0.4) is 0 Å². The number of hydrogen-bond acceptors (Lipinski definition) is 2. The van der Waals surface area contributed by atoms with Crippen LogP contribution in [0.5, 0.6) is 0 Å². The number of aromatic nitrogens is 1. The van der Waals surface area contributed by atoms with Crippen molar-refractivity contribution in [3.63, 3.8) is 0 Å². The summed E-state index contributed by atoms with van der Waals surface area (Å²) in [5.74, 6) is 2.88. The van der Waals surface area contributed by atoms with Gasteiger partial charge >= 0.3 is 0 Å². The average molecular weight is 230 g/mol. The number of nitrogens with zero attached hydrogens (tertiary/aromatic N) is 1. The van der Waals surface area contributed by atoms with Gasteiger partial charge in [0.2, 0.25) is 0 Å². The second-order valence-corrected chi connectivity index (χ2v) is 5.67. The van der Waals surface area contributed by atoms with Crippen molar-refractivity contribution in [2.75, 3.05) is 6.54 Å². The van der Waals surface area contributed by atoms with Gasteiger partial charge in [-0.2, -0.15) is 0 Å². The molecule has 3 unspecified atom stereocenters. The van der Waals surface area contributed by atoms with Crippen molar-refractivity contribution in [1.29, 1.82) is 0 Å². The van der Waals surface area contributed by atoms with Crippen LogP contribution in [0, 0.1) is 24.7 Å². The van der Waals surface area contributed by atoms with Crippen molar-refractivity contribution in [2.24, 2.45) is 17.8 Å². The molecule has 1 heterocycles.